The molecule has 0 unspecified atom stereocenters. The summed E-state index contributed by atoms with van der Waals surface area (Å²) in [6.07, 6.45) is 2.32. The molecule has 0 aliphatic heterocycles. The summed E-state index contributed by atoms with van der Waals surface area (Å²) in [7, 11) is 0. The lowest BCUT2D eigenvalue weighted by atomic mass is 9.98. The van der Waals surface area contributed by atoms with Crippen LogP contribution in [0, 0.1) is 0 Å². The van der Waals surface area contributed by atoms with E-state index in [9.17, 15) is 10.2 Å². The monoisotopic (exact) mass is 256 g/mol. The van der Waals surface area contributed by atoms with E-state index >= 15 is 0 Å². The highest BCUT2D eigenvalue weighted by Crippen LogP contribution is 2.27. The van der Waals surface area contributed by atoms with E-state index in [0.29, 0.717) is 17.9 Å². The molecule has 100 valence electrons. The molecule has 0 fully saturated rings. The Morgan fingerprint density at radius 1 is 0.842 bits per heavy atom. The Labute approximate surface area is 114 Å². The summed E-state index contributed by atoms with van der Waals surface area (Å²) in [5, 5.41) is 19.9. The molecule has 0 saturated heterocycles. The van der Waals surface area contributed by atoms with Gasteiger partial charge in [-0.1, -0.05) is 44.2 Å². The third-order valence-electron chi connectivity index (χ3n) is 3.50. The number of hydrogen-bond donors (Lipinski definition) is 2. The molecule has 2 aromatic rings. The van der Waals surface area contributed by atoms with Crippen LogP contribution in [0.3, 0.4) is 0 Å². The Kier molecular flexibility index (Phi) is 4.10. The topological polar surface area (TPSA) is 40.5 Å². The maximum atomic E-state index is 10.2. The highest BCUT2D eigenvalue weighted by atomic mass is 16.3. The second-order valence-corrected chi connectivity index (χ2v) is 4.77. The van der Waals surface area contributed by atoms with Crippen LogP contribution in [0.2, 0.25) is 0 Å². The van der Waals surface area contributed by atoms with Gasteiger partial charge in [-0.15, -0.1) is 0 Å². The minimum atomic E-state index is 0.345. The fraction of sp³-hybridized carbons (Fsp3) is 0.294. The van der Waals surface area contributed by atoms with Gasteiger partial charge in [0.1, 0.15) is 11.5 Å². The molecule has 2 rings (SSSR count). The van der Waals surface area contributed by atoms with Gasteiger partial charge < -0.3 is 10.2 Å². The van der Waals surface area contributed by atoms with E-state index in [1.807, 2.05) is 44.2 Å². The van der Waals surface area contributed by atoms with Gasteiger partial charge in [0, 0.05) is 6.42 Å². The lowest BCUT2D eigenvalue weighted by Gasteiger charge is -2.10. The van der Waals surface area contributed by atoms with Crippen LogP contribution in [0.4, 0.5) is 0 Å². The predicted molar refractivity (Wildman–Crippen MR) is 77.8 cm³/mol. The average Bonchev–Trinajstić information content (AvgIpc) is 2.43. The summed E-state index contributed by atoms with van der Waals surface area (Å²) in [4.78, 5) is 0. The quantitative estimate of drug-likeness (QED) is 0.873. The van der Waals surface area contributed by atoms with Gasteiger partial charge in [0.25, 0.3) is 0 Å². The summed E-state index contributed by atoms with van der Waals surface area (Å²) in [6, 6.07) is 11.5. The summed E-state index contributed by atoms with van der Waals surface area (Å²) < 4.78 is 0. The summed E-state index contributed by atoms with van der Waals surface area (Å²) >= 11 is 0. The van der Waals surface area contributed by atoms with Crippen molar-refractivity contribution in [3.63, 3.8) is 0 Å². The second kappa shape index (κ2) is 5.79. The van der Waals surface area contributed by atoms with Gasteiger partial charge >= 0.3 is 0 Å². The van der Waals surface area contributed by atoms with Gasteiger partial charge in [-0.2, -0.15) is 0 Å². The van der Waals surface area contributed by atoms with E-state index in [-0.39, 0.29) is 0 Å². The molecule has 0 atom stereocenters. The van der Waals surface area contributed by atoms with Crippen LogP contribution < -0.4 is 0 Å². The van der Waals surface area contributed by atoms with Crippen LogP contribution in [-0.2, 0) is 19.3 Å². The zero-order valence-corrected chi connectivity index (χ0v) is 11.5. The van der Waals surface area contributed by atoms with Gasteiger partial charge in [0.05, 0.1) is 0 Å². The third kappa shape index (κ3) is 2.90. The normalized spacial score (nSPS) is 10.6. The number of aryl methyl sites for hydroxylation is 2. The standard InChI is InChI=1S/C17H20O2/c1-3-13-6-5-7-15(17(13)19)11-12-8-9-16(18)14(4-2)10-12/h5-10,18-19H,3-4,11H2,1-2H3. The predicted octanol–water partition coefficient (Wildman–Crippen LogP) is 3.81. The van der Waals surface area contributed by atoms with E-state index in [2.05, 4.69) is 0 Å². The molecule has 0 aliphatic rings. The van der Waals surface area contributed by atoms with Crippen molar-refractivity contribution in [2.45, 2.75) is 33.1 Å². The Bertz CT molecular complexity index is 573. The number of hydrogen-bond acceptors (Lipinski definition) is 2. The van der Waals surface area contributed by atoms with Gasteiger partial charge in [-0.05, 0) is 41.2 Å². The molecule has 0 aliphatic carbocycles. The van der Waals surface area contributed by atoms with Gasteiger partial charge in [-0.25, -0.2) is 0 Å². The van der Waals surface area contributed by atoms with Gasteiger partial charge in [0.2, 0.25) is 0 Å². The molecule has 0 heterocycles. The van der Waals surface area contributed by atoms with Crippen molar-refractivity contribution < 1.29 is 10.2 Å². The van der Waals surface area contributed by atoms with Crippen LogP contribution in [0.25, 0.3) is 0 Å². The van der Waals surface area contributed by atoms with Crippen molar-refractivity contribution in [2.24, 2.45) is 0 Å². The molecule has 2 N–H and O–H groups in total. The zero-order valence-electron chi connectivity index (χ0n) is 11.5. The fourth-order valence-corrected chi connectivity index (χ4v) is 2.32. The fourth-order valence-electron chi connectivity index (χ4n) is 2.32. The largest absolute Gasteiger partial charge is 0.508 e. The van der Waals surface area contributed by atoms with Crippen LogP contribution in [-0.4, -0.2) is 10.2 Å². The number of rotatable bonds is 4. The van der Waals surface area contributed by atoms with Crippen molar-refractivity contribution in [3.8, 4) is 11.5 Å². The summed E-state index contributed by atoms with van der Waals surface area (Å²) in [5.41, 5.74) is 3.97. The van der Waals surface area contributed by atoms with Crippen LogP contribution in [0.15, 0.2) is 36.4 Å². The summed E-state index contributed by atoms with van der Waals surface area (Å²) in [5.74, 6) is 0.744. The lowest BCUT2D eigenvalue weighted by molar-refractivity contribution is 0.463. The molecule has 0 bridgehead atoms. The van der Waals surface area contributed by atoms with Crippen LogP contribution in [0.1, 0.15) is 36.1 Å². The molecule has 2 heteroatoms. The average molecular weight is 256 g/mol. The Hall–Kier alpha value is -1.96. The van der Waals surface area contributed by atoms with Crippen molar-refractivity contribution in [2.75, 3.05) is 0 Å². The zero-order chi connectivity index (χ0) is 13.8. The van der Waals surface area contributed by atoms with Gasteiger partial charge in [-0.3, -0.25) is 0 Å². The third-order valence-corrected chi connectivity index (χ3v) is 3.50. The highest BCUT2D eigenvalue weighted by Gasteiger charge is 2.08. The molecule has 0 spiro atoms. The van der Waals surface area contributed by atoms with Crippen molar-refractivity contribution in [1.29, 1.82) is 0 Å². The van der Waals surface area contributed by atoms with E-state index in [4.69, 9.17) is 0 Å². The Morgan fingerprint density at radius 2 is 1.53 bits per heavy atom. The maximum Gasteiger partial charge on any atom is 0.122 e. The van der Waals surface area contributed by atoms with Crippen LogP contribution >= 0.6 is 0 Å². The minimum absolute atomic E-state index is 0.345. The first-order chi connectivity index (χ1) is 9.15. The summed E-state index contributed by atoms with van der Waals surface area (Å²) in [6.45, 7) is 4.06. The van der Waals surface area contributed by atoms with E-state index in [1.54, 1.807) is 6.07 Å². The number of aromatic hydroxyl groups is 2. The lowest BCUT2D eigenvalue weighted by Crippen LogP contribution is -1.93. The molecular formula is C17H20O2. The first-order valence-corrected chi connectivity index (χ1v) is 6.76. The van der Waals surface area contributed by atoms with E-state index in [0.717, 1.165) is 35.1 Å². The highest BCUT2D eigenvalue weighted by molar-refractivity contribution is 5.44. The second-order valence-electron chi connectivity index (χ2n) is 4.77. The molecule has 2 aromatic carbocycles. The molecule has 0 radical (unpaired) electrons. The number of phenols is 2. The van der Waals surface area contributed by atoms with Gasteiger partial charge in [0.15, 0.2) is 0 Å². The van der Waals surface area contributed by atoms with Crippen LogP contribution in [0.5, 0.6) is 11.5 Å². The molecular weight excluding hydrogens is 236 g/mol. The van der Waals surface area contributed by atoms with Crippen molar-refractivity contribution >= 4 is 0 Å². The molecule has 19 heavy (non-hydrogen) atoms. The Balaban J connectivity index is 2.31. The molecule has 0 aromatic heterocycles. The number of phenolic OH excluding ortho intramolecular Hbond substituents is 2. The number of para-hydroxylation sites is 1. The smallest absolute Gasteiger partial charge is 0.122 e. The number of benzene rings is 2. The van der Waals surface area contributed by atoms with E-state index < -0.39 is 0 Å². The van der Waals surface area contributed by atoms with Crippen molar-refractivity contribution in [3.05, 3.63) is 58.7 Å². The van der Waals surface area contributed by atoms with E-state index in [1.165, 1.54) is 0 Å². The molecule has 0 saturated carbocycles. The molecule has 2 nitrogen and oxygen atoms in total. The van der Waals surface area contributed by atoms with Crippen molar-refractivity contribution in [1.82, 2.24) is 0 Å². The maximum absolute atomic E-state index is 10.2. The minimum Gasteiger partial charge on any atom is -0.508 e. The first kappa shape index (κ1) is 13.5. The SMILES string of the molecule is CCc1cc(Cc2cccc(CC)c2O)ccc1O. The first-order valence-electron chi connectivity index (χ1n) is 6.76. The molecule has 0 amide bonds. The Morgan fingerprint density at radius 3 is 2.21 bits per heavy atom.